The second-order valence-electron chi connectivity index (χ2n) is 5.55. The van der Waals surface area contributed by atoms with Gasteiger partial charge in [-0.25, -0.2) is 0 Å². The van der Waals surface area contributed by atoms with Gasteiger partial charge in [0.25, 0.3) is 0 Å². The van der Waals surface area contributed by atoms with Gasteiger partial charge in [0, 0.05) is 0 Å². The van der Waals surface area contributed by atoms with Crippen molar-refractivity contribution in [2.75, 3.05) is 0 Å². The first-order chi connectivity index (χ1) is 9.88. The number of benzene rings is 3. The predicted molar refractivity (Wildman–Crippen MR) is 88.1 cm³/mol. The van der Waals surface area contributed by atoms with E-state index in [9.17, 15) is 0 Å². The summed E-state index contributed by atoms with van der Waals surface area (Å²) in [5.41, 5.74) is 1.38. The topological polar surface area (TPSA) is 0 Å². The Hall–Kier alpha value is -1.82. The quantitative estimate of drug-likeness (QED) is 0.395. The first kappa shape index (κ1) is 13.2. The summed E-state index contributed by atoms with van der Waals surface area (Å²) in [5.74, 6) is 0. The van der Waals surface area contributed by atoms with Crippen molar-refractivity contribution < 1.29 is 0 Å². The van der Waals surface area contributed by atoms with E-state index >= 15 is 0 Å². The molecular weight excluding hydrogens is 240 g/mol. The fraction of sp³-hybridized carbons (Fsp3) is 0.300. The maximum Gasteiger partial charge on any atom is -0.0139 e. The van der Waals surface area contributed by atoms with Gasteiger partial charge in [-0.1, -0.05) is 62.6 Å². The third kappa shape index (κ3) is 2.70. The van der Waals surface area contributed by atoms with Gasteiger partial charge < -0.3 is 0 Å². The van der Waals surface area contributed by atoms with Crippen molar-refractivity contribution >= 4 is 21.5 Å². The smallest absolute Gasteiger partial charge is 0.0139 e. The van der Waals surface area contributed by atoms with Gasteiger partial charge in [0.15, 0.2) is 0 Å². The number of fused-ring (bicyclic) bond motifs is 2. The summed E-state index contributed by atoms with van der Waals surface area (Å²) >= 11 is 0. The molecule has 0 aliphatic heterocycles. The molecule has 0 atom stereocenters. The van der Waals surface area contributed by atoms with Crippen LogP contribution in [0.2, 0.25) is 0 Å². The Bertz CT molecular complexity index is 709. The van der Waals surface area contributed by atoms with E-state index in [1.54, 1.807) is 0 Å². The molecule has 0 fully saturated rings. The van der Waals surface area contributed by atoms with E-state index in [2.05, 4.69) is 61.5 Å². The lowest BCUT2D eigenvalue weighted by atomic mass is 9.96. The molecule has 3 aromatic carbocycles. The maximum atomic E-state index is 3.45. The number of hydrogen-bond donors (Lipinski definition) is 0. The summed E-state index contributed by atoms with van der Waals surface area (Å²) in [7, 11) is 0. The fourth-order valence-corrected chi connectivity index (χ4v) is 2.90. The molecule has 0 saturated carbocycles. The summed E-state index contributed by atoms with van der Waals surface area (Å²) in [5, 5.41) is 5.37. The van der Waals surface area contributed by atoms with Crippen LogP contribution in [0.1, 0.15) is 38.2 Å². The van der Waals surface area contributed by atoms with Crippen LogP contribution >= 0.6 is 0 Å². The molecule has 3 rings (SSSR count). The van der Waals surface area contributed by atoms with Crippen molar-refractivity contribution in [3.8, 4) is 0 Å². The molecule has 0 bridgehead atoms. The molecule has 0 N–H and O–H groups in total. The highest BCUT2D eigenvalue weighted by molar-refractivity contribution is 5.99. The summed E-state index contributed by atoms with van der Waals surface area (Å²) in [6.07, 6.45) is 6.39. The molecule has 3 aromatic rings. The minimum Gasteiger partial charge on any atom is -0.0654 e. The van der Waals surface area contributed by atoms with Crippen LogP contribution in [0.15, 0.2) is 48.5 Å². The zero-order valence-electron chi connectivity index (χ0n) is 12.2. The molecule has 20 heavy (non-hydrogen) atoms. The Kier molecular flexibility index (Phi) is 4.01. The average Bonchev–Trinajstić information content (AvgIpc) is 2.50. The number of hydrogen-bond acceptors (Lipinski definition) is 0. The summed E-state index contributed by atoms with van der Waals surface area (Å²) in [6.45, 7) is 2.26. The van der Waals surface area contributed by atoms with E-state index in [4.69, 9.17) is 0 Å². The third-order valence-electron chi connectivity index (χ3n) is 4.04. The van der Waals surface area contributed by atoms with Crippen LogP contribution < -0.4 is 0 Å². The van der Waals surface area contributed by atoms with E-state index in [0.717, 1.165) is 6.42 Å². The van der Waals surface area contributed by atoms with Gasteiger partial charge in [0.1, 0.15) is 0 Å². The van der Waals surface area contributed by atoms with Gasteiger partial charge in [-0.05, 0) is 58.1 Å². The molecule has 101 valence electrons. The van der Waals surface area contributed by atoms with Gasteiger partial charge in [-0.15, -0.1) is 0 Å². The Morgan fingerprint density at radius 2 is 1.65 bits per heavy atom. The minimum absolute atomic E-state index is 1.15. The minimum atomic E-state index is 1.15. The lowest BCUT2D eigenvalue weighted by Gasteiger charge is -2.08. The van der Waals surface area contributed by atoms with Gasteiger partial charge in [0.05, 0.1) is 0 Å². The van der Waals surface area contributed by atoms with Gasteiger partial charge in [0.2, 0.25) is 0 Å². The highest BCUT2D eigenvalue weighted by Gasteiger charge is 2.03. The zero-order chi connectivity index (χ0) is 13.8. The molecular formula is C20H21. The molecule has 0 amide bonds. The molecule has 0 nitrogen and oxygen atoms in total. The van der Waals surface area contributed by atoms with Crippen molar-refractivity contribution in [1.29, 1.82) is 0 Å². The van der Waals surface area contributed by atoms with Gasteiger partial charge in [-0.3, -0.25) is 0 Å². The Labute approximate surface area is 121 Å². The SMILES string of the molecule is CCCCCCc1[c]ccc2cc3ccccc3cc12. The second-order valence-corrected chi connectivity index (χ2v) is 5.55. The van der Waals surface area contributed by atoms with Crippen LogP contribution in [0.3, 0.4) is 0 Å². The van der Waals surface area contributed by atoms with E-state index in [1.165, 1.54) is 52.8 Å². The largest absolute Gasteiger partial charge is 0.0654 e. The van der Waals surface area contributed by atoms with Crippen LogP contribution in [-0.4, -0.2) is 0 Å². The van der Waals surface area contributed by atoms with Crippen molar-refractivity contribution in [1.82, 2.24) is 0 Å². The summed E-state index contributed by atoms with van der Waals surface area (Å²) in [6, 6.07) is 20.9. The highest BCUT2D eigenvalue weighted by atomic mass is 14.1. The van der Waals surface area contributed by atoms with E-state index in [-0.39, 0.29) is 0 Å². The molecule has 0 unspecified atom stereocenters. The monoisotopic (exact) mass is 261 g/mol. The Morgan fingerprint density at radius 1 is 0.850 bits per heavy atom. The van der Waals surface area contributed by atoms with Crippen molar-refractivity contribution in [2.24, 2.45) is 0 Å². The van der Waals surface area contributed by atoms with E-state index in [1.807, 2.05) is 0 Å². The molecule has 1 radical (unpaired) electrons. The fourth-order valence-electron chi connectivity index (χ4n) is 2.90. The number of rotatable bonds is 5. The lowest BCUT2D eigenvalue weighted by molar-refractivity contribution is 0.668. The first-order valence-electron chi connectivity index (χ1n) is 7.70. The standard InChI is InChI=1S/C20H21/c1-2-3-4-5-9-16-12-8-13-19-14-17-10-6-7-11-18(17)15-20(16)19/h6-8,10-11,13-15H,2-5,9H2,1H3. The molecule has 0 spiro atoms. The first-order valence-corrected chi connectivity index (χ1v) is 7.70. The van der Waals surface area contributed by atoms with Crippen LogP contribution in [-0.2, 0) is 6.42 Å². The normalized spacial score (nSPS) is 11.2. The Balaban J connectivity index is 1.97. The third-order valence-corrected chi connectivity index (χ3v) is 4.04. The molecule has 0 heteroatoms. The van der Waals surface area contributed by atoms with Gasteiger partial charge >= 0.3 is 0 Å². The zero-order valence-corrected chi connectivity index (χ0v) is 12.2. The number of unbranched alkanes of at least 4 members (excludes halogenated alkanes) is 3. The van der Waals surface area contributed by atoms with E-state index in [0.29, 0.717) is 0 Å². The predicted octanol–water partition coefficient (Wildman–Crippen LogP) is 5.92. The Morgan fingerprint density at radius 3 is 2.45 bits per heavy atom. The van der Waals surface area contributed by atoms with Crippen LogP contribution in [0.25, 0.3) is 21.5 Å². The molecule has 0 aliphatic rings. The van der Waals surface area contributed by atoms with Gasteiger partial charge in [-0.2, -0.15) is 0 Å². The molecule has 0 aliphatic carbocycles. The summed E-state index contributed by atoms with van der Waals surface area (Å²) < 4.78 is 0. The number of aryl methyl sites for hydroxylation is 1. The average molecular weight is 261 g/mol. The van der Waals surface area contributed by atoms with Crippen LogP contribution in [0.5, 0.6) is 0 Å². The lowest BCUT2D eigenvalue weighted by Crippen LogP contribution is -1.89. The van der Waals surface area contributed by atoms with Crippen molar-refractivity contribution in [3.63, 3.8) is 0 Å². The van der Waals surface area contributed by atoms with Crippen LogP contribution in [0.4, 0.5) is 0 Å². The summed E-state index contributed by atoms with van der Waals surface area (Å²) in [4.78, 5) is 0. The second kappa shape index (κ2) is 6.09. The maximum absolute atomic E-state index is 3.45. The van der Waals surface area contributed by atoms with Crippen molar-refractivity contribution in [2.45, 2.75) is 39.0 Å². The van der Waals surface area contributed by atoms with Crippen LogP contribution in [0, 0.1) is 6.07 Å². The molecule has 0 saturated heterocycles. The molecule has 0 heterocycles. The van der Waals surface area contributed by atoms with E-state index < -0.39 is 0 Å². The highest BCUT2D eigenvalue weighted by Crippen LogP contribution is 2.26. The molecule has 0 aromatic heterocycles. The van der Waals surface area contributed by atoms with Crippen molar-refractivity contribution in [3.05, 3.63) is 60.2 Å².